The van der Waals surface area contributed by atoms with Crippen LogP contribution in [-0.2, 0) is 16.4 Å². The smallest absolute Gasteiger partial charge is 0.185 e. The monoisotopic (exact) mass is 305 g/mol. The first-order chi connectivity index (χ1) is 8.69. The van der Waals surface area contributed by atoms with E-state index in [1.165, 1.54) is 11.1 Å². The fraction of sp³-hybridized carbons (Fsp3) is 0.750. The minimum atomic E-state index is -2.93. The molecule has 0 spiro atoms. The standard InChI is InChI=1S/C12H23N3O2S2/c1-9(2)13-8-11-10(3)14-12(18-11)15(4)6-7-19(5,16)17/h9,13H,6-8H2,1-5H3. The van der Waals surface area contributed by atoms with Gasteiger partial charge in [0.05, 0.1) is 11.4 Å². The zero-order chi connectivity index (χ0) is 14.6. The van der Waals surface area contributed by atoms with Gasteiger partial charge in [-0.1, -0.05) is 13.8 Å². The van der Waals surface area contributed by atoms with E-state index in [-0.39, 0.29) is 5.75 Å². The second kappa shape index (κ2) is 6.67. The summed E-state index contributed by atoms with van der Waals surface area (Å²) in [4.78, 5) is 7.60. The van der Waals surface area contributed by atoms with Gasteiger partial charge in [-0.05, 0) is 6.92 Å². The molecule has 0 bridgehead atoms. The highest BCUT2D eigenvalue weighted by atomic mass is 32.2. The molecule has 0 unspecified atom stereocenters. The number of rotatable bonds is 7. The Morgan fingerprint density at radius 2 is 2.05 bits per heavy atom. The van der Waals surface area contributed by atoms with Crippen molar-refractivity contribution >= 4 is 26.3 Å². The van der Waals surface area contributed by atoms with Crippen LogP contribution in [0.2, 0.25) is 0 Å². The second-order valence-electron chi connectivity index (χ2n) is 5.09. The van der Waals surface area contributed by atoms with E-state index in [0.29, 0.717) is 12.6 Å². The number of thiazole rings is 1. The van der Waals surface area contributed by atoms with Gasteiger partial charge in [0.2, 0.25) is 0 Å². The highest BCUT2D eigenvalue weighted by Crippen LogP contribution is 2.25. The van der Waals surface area contributed by atoms with E-state index in [4.69, 9.17) is 0 Å². The lowest BCUT2D eigenvalue weighted by Gasteiger charge is -2.14. The Balaban J connectivity index is 2.66. The van der Waals surface area contributed by atoms with E-state index in [2.05, 4.69) is 24.1 Å². The number of anilines is 1. The van der Waals surface area contributed by atoms with Crippen LogP contribution >= 0.6 is 11.3 Å². The predicted molar refractivity (Wildman–Crippen MR) is 81.8 cm³/mol. The van der Waals surface area contributed by atoms with Gasteiger partial charge in [0.25, 0.3) is 0 Å². The second-order valence-corrected chi connectivity index (χ2v) is 8.41. The van der Waals surface area contributed by atoms with Gasteiger partial charge in [0, 0.05) is 37.3 Å². The van der Waals surface area contributed by atoms with Gasteiger partial charge < -0.3 is 10.2 Å². The van der Waals surface area contributed by atoms with Crippen LogP contribution in [0.4, 0.5) is 5.13 Å². The Morgan fingerprint density at radius 1 is 1.42 bits per heavy atom. The van der Waals surface area contributed by atoms with Crippen LogP contribution in [-0.4, -0.2) is 45.0 Å². The highest BCUT2D eigenvalue weighted by molar-refractivity contribution is 7.90. The first-order valence-electron chi connectivity index (χ1n) is 6.27. The molecule has 1 N–H and O–H groups in total. The maximum Gasteiger partial charge on any atom is 0.185 e. The van der Waals surface area contributed by atoms with Gasteiger partial charge in [-0.25, -0.2) is 13.4 Å². The van der Waals surface area contributed by atoms with Crippen LogP contribution in [0.3, 0.4) is 0 Å². The van der Waals surface area contributed by atoms with Crippen LogP contribution in [0, 0.1) is 6.92 Å². The van der Waals surface area contributed by atoms with Gasteiger partial charge in [-0.3, -0.25) is 0 Å². The third-order valence-corrected chi connectivity index (χ3v) is 4.87. The number of hydrogen-bond donors (Lipinski definition) is 1. The lowest BCUT2D eigenvalue weighted by atomic mass is 10.3. The quantitative estimate of drug-likeness (QED) is 0.826. The Labute approximate surface area is 120 Å². The minimum absolute atomic E-state index is 0.154. The van der Waals surface area contributed by atoms with Crippen molar-refractivity contribution in [3.8, 4) is 0 Å². The lowest BCUT2D eigenvalue weighted by Crippen LogP contribution is -2.24. The van der Waals surface area contributed by atoms with E-state index in [1.807, 2.05) is 18.9 Å². The molecule has 1 aromatic heterocycles. The lowest BCUT2D eigenvalue weighted by molar-refractivity contribution is 0.591. The normalized spacial score (nSPS) is 12.1. The minimum Gasteiger partial charge on any atom is -0.350 e. The zero-order valence-electron chi connectivity index (χ0n) is 12.2. The summed E-state index contributed by atoms with van der Waals surface area (Å²) in [5, 5.41) is 4.24. The van der Waals surface area contributed by atoms with Crippen molar-refractivity contribution in [2.75, 3.05) is 30.5 Å². The fourth-order valence-corrected chi connectivity index (χ4v) is 3.04. The topological polar surface area (TPSA) is 62.3 Å². The molecule has 1 rings (SSSR count). The molecule has 1 aromatic rings. The molecule has 0 aliphatic rings. The summed E-state index contributed by atoms with van der Waals surface area (Å²) >= 11 is 1.62. The third kappa shape index (κ3) is 5.88. The van der Waals surface area contributed by atoms with Crippen molar-refractivity contribution in [3.05, 3.63) is 10.6 Å². The molecule has 110 valence electrons. The molecule has 0 atom stereocenters. The molecule has 0 fully saturated rings. The van der Waals surface area contributed by atoms with E-state index in [0.717, 1.165) is 17.4 Å². The Morgan fingerprint density at radius 3 is 2.58 bits per heavy atom. The van der Waals surface area contributed by atoms with Crippen molar-refractivity contribution in [2.24, 2.45) is 0 Å². The SMILES string of the molecule is Cc1nc(N(C)CCS(C)(=O)=O)sc1CNC(C)C. The van der Waals surface area contributed by atoms with E-state index in [1.54, 1.807) is 11.3 Å². The summed E-state index contributed by atoms with van der Waals surface area (Å²) in [5.41, 5.74) is 1.01. The molecular weight excluding hydrogens is 282 g/mol. The van der Waals surface area contributed by atoms with Crippen molar-refractivity contribution < 1.29 is 8.42 Å². The molecule has 0 saturated carbocycles. The van der Waals surface area contributed by atoms with Crippen molar-refractivity contribution in [1.29, 1.82) is 0 Å². The third-order valence-electron chi connectivity index (χ3n) is 2.68. The molecule has 7 heteroatoms. The van der Waals surface area contributed by atoms with Crippen LogP contribution in [0.1, 0.15) is 24.4 Å². The molecule has 5 nitrogen and oxygen atoms in total. The van der Waals surface area contributed by atoms with Crippen LogP contribution in [0.5, 0.6) is 0 Å². The van der Waals surface area contributed by atoms with Gasteiger partial charge >= 0.3 is 0 Å². The van der Waals surface area contributed by atoms with Gasteiger partial charge in [0.15, 0.2) is 5.13 Å². The molecule has 0 amide bonds. The van der Waals surface area contributed by atoms with E-state index < -0.39 is 9.84 Å². The summed E-state index contributed by atoms with van der Waals surface area (Å²) in [6, 6.07) is 0.438. The van der Waals surface area contributed by atoms with Gasteiger partial charge in [-0.2, -0.15) is 0 Å². The van der Waals surface area contributed by atoms with E-state index >= 15 is 0 Å². The summed E-state index contributed by atoms with van der Waals surface area (Å²) in [5.74, 6) is 0.154. The summed E-state index contributed by atoms with van der Waals surface area (Å²) in [7, 11) is -1.05. The first kappa shape index (κ1) is 16.4. The molecule has 0 aliphatic carbocycles. The molecule has 0 radical (unpaired) electrons. The molecular formula is C12H23N3O2S2. The first-order valence-corrected chi connectivity index (χ1v) is 9.15. The van der Waals surface area contributed by atoms with Crippen molar-refractivity contribution in [1.82, 2.24) is 10.3 Å². The zero-order valence-corrected chi connectivity index (χ0v) is 13.9. The molecule has 0 aliphatic heterocycles. The maximum atomic E-state index is 11.2. The largest absolute Gasteiger partial charge is 0.350 e. The summed E-state index contributed by atoms with van der Waals surface area (Å²) < 4.78 is 22.3. The van der Waals surface area contributed by atoms with Crippen LogP contribution in [0.25, 0.3) is 0 Å². The van der Waals surface area contributed by atoms with Crippen LogP contribution in [0.15, 0.2) is 0 Å². The van der Waals surface area contributed by atoms with Crippen molar-refractivity contribution in [3.63, 3.8) is 0 Å². The fourth-order valence-electron chi connectivity index (χ4n) is 1.44. The highest BCUT2D eigenvalue weighted by Gasteiger charge is 2.13. The Bertz CT molecular complexity index is 509. The Hall–Kier alpha value is -0.660. The molecule has 19 heavy (non-hydrogen) atoms. The number of nitrogens with one attached hydrogen (secondary N) is 1. The summed E-state index contributed by atoms with van der Waals surface area (Å²) in [6.45, 7) is 7.48. The average molecular weight is 305 g/mol. The van der Waals surface area contributed by atoms with Gasteiger partial charge in [-0.15, -0.1) is 11.3 Å². The van der Waals surface area contributed by atoms with Gasteiger partial charge in [0.1, 0.15) is 9.84 Å². The molecule has 0 aromatic carbocycles. The van der Waals surface area contributed by atoms with Crippen LogP contribution < -0.4 is 10.2 Å². The van der Waals surface area contributed by atoms with E-state index in [9.17, 15) is 8.42 Å². The number of nitrogens with zero attached hydrogens (tertiary/aromatic N) is 2. The van der Waals surface area contributed by atoms with Crippen molar-refractivity contribution in [2.45, 2.75) is 33.4 Å². The molecule has 1 heterocycles. The maximum absolute atomic E-state index is 11.2. The number of hydrogen-bond acceptors (Lipinski definition) is 6. The predicted octanol–water partition coefficient (Wildman–Crippen LogP) is 1.43. The summed E-state index contributed by atoms with van der Waals surface area (Å²) in [6.07, 6.45) is 1.26. The number of aromatic nitrogens is 1. The average Bonchev–Trinajstić information content (AvgIpc) is 2.64. The Kier molecular flexibility index (Phi) is 5.76. The molecule has 0 saturated heterocycles. The number of aryl methyl sites for hydroxylation is 1. The number of sulfone groups is 1.